The minimum atomic E-state index is -2.13. The van der Waals surface area contributed by atoms with Crippen LogP contribution >= 0.6 is 23.4 Å². The fraction of sp³-hybridized carbons (Fsp3) is 0.600. The molecule has 204 valence electrons. The molecule has 4 fully saturated rings. The van der Waals surface area contributed by atoms with Crippen LogP contribution in [0.3, 0.4) is 0 Å². The van der Waals surface area contributed by atoms with Crippen LogP contribution in [0.25, 0.3) is 0 Å². The number of aliphatic hydroxyl groups excluding tert-OH is 1. The summed E-state index contributed by atoms with van der Waals surface area (Å²) in [4.78, 5) is 28.4. The predicted octanol–water partition coefficient (Wildman–Crippen LogP) is 5.49. The Balaban J connectivity index is 1.41. The van der Waals surface area contributed by atoms with Crippen LogP contribution in [-0.2, 0) is 16.1 Å². The van der Waals surface area contributed by atoms with Crippen LogP contribution in [0.1, 0.15) is 38.7 Å². The third-order valence-corrected chi connectivity index (χ3v) is 12.1. The second-order valence-corrected chi connectivity index (χ2v) is 14.0. The van der Waals surface area contributed by atoms with Gasteiger partial charge in [0, 0.05) is 31.0 Å². The first kappa shape index (κ1) is 26.7. The third-order valence-electron chi connectivity index (χ3n) is 11.0. The van der Waals surface area contributed by atoms with E-state index >= 15 is 8.78 Å². The second-order valence-electron chi connectivity index (χ2n) is 12.5. The Bertz CT molecular complexity index is 1230. The van der Waals surface area contributed by atoms with E-state index in [0.717, 1.165) is 17.3 Å². The van der Waals surface area contributed by atoms with Gasteiger partial charge in [-0.05, 0) is 66.7 Å². The highest BCUT2D eigenvalue weighted by Gasteiger charge is 2.78. The van der Waals surface area contributed by atoms with E-state index in [-0.39, 0.29) is 46.4 Å². The summed E-state index contributed by atoms with van der Waals surface area (Å²) in [5, 5.41) is 11.8. The number of thioether (sulfide) groups is 1. The standard InChI is InChI=1S/C30H34ClF2NO3S/c1-27-9-8-20(35)11-23(27)24(32)12-22-21-10-19-15-34(14-18-6-4-3-5-7-18)16-29(19,26(37)38-17-31)28(21,2)13-25(36)30(22,27)33/h3-9,11,19,21-22,24-25,36H,10,12-17H2,1-2H3/t19-,21-,22?,24-,25-,27-,28-,29+,30-/m0/s1. The molecule has 38 heavy (non-hydrogen) atoms. The summed E-state index contributed by atoms with van der Waals surface area (Å²) in [6.45, 7) is 5.55. The molecule has 1 aromatic rings. The molecule has 0 radical (unpaired) electrons. The van der Waals surface area contributed by atoms with Crippen molar-refractivity contribution < 1.29 is 23.5 Å². The summed E-state index contributed by atoms with van der Waals surface area (Å²) in [5.74, 6) is -1.44. The lowest BCUT2D eigenvalue weighted by Gasteiger charge is -2.63. The van der Waals surface area contributed by atoms with Crippen molar-refractivity contribution in [3.63, 3.8) is 0 Å². The Morgan fingerprint density at radius 2 is 1.95 bits per heavy atom. The molecule has 9 atom stereocenters. The third kappa shape index (κ3) is 3.34. The van der Waals surface area contributed by atoms with Crippen molar-refractivity contribution in [1.82, 2.24) is 4.90 Å². The van der Waals surface area contributed by atoms with Crippen LogP contribution in [0.4, 0.5) is 8.78 Å². The van der Waals surface area contributed by atoms with Crippen molar-refractivity contribution in [2.24, 2.45) is 34.0 Å². The summed E-state index contributed by atoms with van der Waals surface area (Å²) >= 11 is 7.16. The van der Waals surface area contributed by atoms with Crippen LogP contribution in [0.2, 0.25) is 0 Å². The van der Waals surface area contributed by atoms with E-state index in [1.807, 2.05) is 25.1 Å². The number of likely N-dealkylation sites (tertiary alicyclic amines) is 1. The molecule has 1 N–H and O–H groups in total. The van der Waals surface area contributed by atoms with Gasteiger partial charge in [-0.3, -0.25) is 14.5 Å². The summed E-state index contributed by atoms with van der Waals surface area (Å²) in [6.07, 6.45) is 1.72. The van der Waals surface area contributed by atoms with Crippen molar-refractivity contribution in [2.45, 2.75) is 57.6 Å². The van der Waals surface area contributed by atoms with Gasteiger partial charge in [-0.1, -0.05) is 55.1 Å². The van der Waals surface area contributed by atoms with Gasteiger partial charge in [0.15, 0.2) is 16.6 Å². The molecule has 1 unspecified atom stereocenters. The zero-order valence-corrected chi connectivity index (χ0v) is 23.3. The molecule has 1 heterocycles. The molecule has 0 bridgehead atoms. The van der Waals surface area contributed by atoms with Crippen molar-refractivity contribution in [3.05, 3.63) is 59.7 Å². The minimum absolute atomic E-state index is 0.000756. The van der Waals surface area contributed by atoms with Crippen LogP contribution in [-0.4, -0.2) is 57.2 Å². The normalized spacial score (nSPS) is 45.7. The number of rotatable bonds is 4. The zero-order valence-electron chi connectivity index (χ0n) is 21.7. The van der Waals surface area contributed by atoms with Crippen LogP contribution in [0, 0.1) is 34.0 Å². The lowest BCUT2D eigenvalue weighted by molar-refractivity contribution is -0.210. The van der Waals surface area contributed by atoms with Crippen molar-refractivity contribution >= 4 is 34.3 Å². The van der Waals surface area contributed by atoms with E-state index in [1.165, 1.54) is 18.2 Å². The number of allylic oxidation sites excluding steroid dienone is 4. The molecule has 3 saturated carbocycles. The smallest absolute Gasteiger partial charge is 0.198 e. The van der Waals surface area contributed by atoms with Crippen LogP contribution in [0.5, 0.6) is 0 Å². The van der Waals surface area contributed by atoms with Gasteiger partial charge in [0.25, 0.3) is 0 Å². The van der Waals surface area contributed by atoms with Crippen LogP contribution in [0.15, 0.2) is 54.1 Å². The molecule has 1 aromatic carbocycles. The maximum Gasteiger partial charge on any atom is 0.198 e. The molecule has 1 aliphatic heterocycles. The average molecular weight is 562 g/mol. The van der Waals surface area contributed by atoms with E-state index < -0.39 is 40.1 Å². The summed E-state index contributed by atoms with van der Waals surface area (Å²) in [7, 11) is 0. The predicted molar refractivity (Wildman–Crippen MR) is 145 cm³/mol. The van der Waals surface area contributed by atoms with Gasteiger partial charge < -0.3 is 5.11 Å². The highest BCUT2D eigenvalue weighted by Crippen LogP contribution is 2.75. The SMILES string of the molecule is C[C@]12C=CC(=O)C=C1[C@@H](F)CC1[C@@H]3C[C@H]4CN(Cc5ccccc5)C[C@@]4(C(=O)SCCl)[C@@]3(C)C[C@H](O)[C@@]12F. The van der Waals surface area contributed by atoms with Crippen LogP contribution < -0.4 is 0 Å². The number of benzene rings is 1. The quantitative estimate of drug-likeness (QED) is 0.493. The number of alkyl halides is 3. The van der Waals surface area contributed by atoms with Gasteiger partial charge in [0.05, 0.1) is 16.7 Å². The Morgan fingerprint density at radius 1 is 1.21 bits per heavy atom. The van der Waals surface area contributed by atoms with E-state index in [0.29, 0.717) is 26.1 Å². The highest BCUT2D eigenvalue weighted by atomic mass is 35.5. The molecular formula is C30H34ClF2NO3S. The maximum atomic E-state index is 17.5. The monoisotopic (exact) mass is 561 g/mol. The molecule has 6 rings (SSSR count). The van der Waals surface area contributed by atoms with Gasteiger partial charge in [0.2, 0.25) is 0 Å². The summed E-state index contributed by atoms with van der Waals surface area (Å²) in [6, 6.07) is 10.1. The first-order chi connectivity index (χ1) is 18.0. The number of nitrogens with zero attached hydrogens (tertiary/aromatic N) is 1. The van der Waals surface area contributed by atoms with Crippen molar-refractivity contribution in [3.8, 4) is 0 Å². The fourth-order valence-electron chi connectivity index (χ4n) is 9.35. The van der Waals surface area contributed by atoms with E-state index in [2.05, 4.69) is 17.0 Å². The van der Waals surface area contributed by atoms with Gasteiger partial charge in [0.1, 0.15) is 6.17 Å². The number of carbonyl (C=O) groups excluding carboxylic acids is 2. The molecule has 0 amide bonds. The molecule has 0 spiro atoms. The Kier molecular flexibility index (Phi) is 6.31. The van der Waals surface area contributed by atoms with Gasteiger partial charge >= 0.3 is 0 Å². The molecular weight excluding hydrogens is 528 g/mol. The Labute approximate surface area is 231 Å². The van der Waals surface area contributed by atoms with E-state index in [1.54, 1.807) is 6.92 Å². The average Bonchev–Trinajstić information content (AvgIpc) is 3.35. The van der Waals surface area contributed by atoms with Gasteiger partial charge in [-0.25, -0.2) is 8.78 Å². The zero-order chi connectivity index (χ0) is 27.1. The molecule has 8 heteroatoms. The van der Waals surface area contributed by atoms with Crippen molar-refractivity contribution in [1.29, 1.82) is 0 Å². The first-order valence-electron chi connectivity index (χ1n) is 13.5. The number of ketones is 1. The first-order valence-corrected chi connectivity index (χ1v) is 15.0. The largest absolute Gasteiger partial charge is 0.390 e. The van der Waals surface area contributed by atoms with Crippen molar-refractivity contribution in [2.75, 3.05) is 18.3 Å². The maximum absolute atomic E-state index is 17.5. The summed E-state index contributed by atoms with van der Waals surface area (Å²) < 4.78 is 33.3. The van der Waals surface area contributed by atoms with Gasteiger partial charge in [-0.2, -0.15) is 0 Å². The molecule has 1 saturated heterocycles. The Hall–Kier alpha value is -1.54. The number of halogens is 3. The molecule has 0 aromatic heterocycles. The number of fused-ring (bicyclic) bond motifs is 7. The molecule has 5 aliphatic rings. The van der Waals surface area contributed by atoms with E-state index in [4.69, 9.17) is 11.6 Å². The Morgan fingerprint density at radius 3 is 2.66 bits per heavy atom. The lowest BCUT2D eigenvalue weighted by atomic mass is 9.43. The highest BCUT2D eigenvalue weighted by molar-refractivity contribution is 8.14. The summed E-state index contributed by atoms with van der Waals surface area (Å²) in [5.41, 5.74) is -3.79. The topological polar surface area (TPSA) is 57.6 Å². The second kappa shape index (κ2) is 8.98. The number of hydrogen-bond acceptors (Lipinski definition) is 5. The number of hydrogen-bond donors (Lipinski definition) is 1. The molecule has 4 nitrogen and oxygen atoms in total. The number of carbonyl (C=O) groups is 2. The van der Waals surface area contributed by atoms with E-state index in [9.17, 15) is 14.7 Å². The number of aliphatic hydroxyl groups is 1. The van der Waals surface area contributed by atoms with Gasteiger partial charge in [-0.15, -0.1) is 11.6 Å². The lowest BCUT2D eigenvalue weighted by Crippen LogP contribution is -2.69. The molecule has 4 aliphatic carbocycles. The fourth-order valence-corrected chi connectivity index (χ4v) is 10.5. The minimum Gasteiger partial charge on any atom is -0.390 e.